The van der Waals surface area contributed by atoms with Crippen LogP contribution in [0.15, 0.2) is 6.07 Å². The lowest BCUT2D eigenvalue weighted by Crippen LogP contribution is -2.40. The number of hydrogen-bond donors (Lipinski definition) is 0. The summed E-state index contributed by atoms with van der Waals surface area (Å²) in [4.78, 5) is 17.7. The van der Waals surface area contributed by atoms with Crippen molar-refractivity contribution < 1.29 is 23.0 Å². The number of methoxy groups -OCH3 is 1. The Labute approximate surface area is 120 Å². The number of anilines is 1. The first-order chi connectivity index (χ1) is 10.00. The van der Waals surface area contributed by atoms with E-state index in [9.17, 15) is 13.6 Å². The highest BCUT2D eigenvalue weighted by Gasteiger charge is 2.36. The molecule has 1 fully saturated rings. The maximum Gasteiger partial charge on any atom is 0.356 e. The van der Waals surface area contributed by atoms with Gasteiger partial charge in [-0.05, 0) is 6.07 Å². The maximum absolute atomic E-state index is 13.3. The molecule has 0 N–H and O–H groups in total. The summed E-state index contributed by atoms with van der Waals surface area (Å²) >= 11 is 0. The molecule has 0 spiro atoms. The number of piperidine rings is 1. The summed E-state index contributed by atoms with van der Waals surface area (Å²) in [5.74, 6) is -2.08. The van der Waals surface area contributed by atoms with Crippen molar-refractivity contribution in [2.45, 2.75) is 25.2 Å². The van der Waals surface area contributed by atoms with Crippen LogP contribution in [0.1, 0.15) is 28.9 Å². The smallest absolute Gasteiger partial charge is 0.356 e. The van der Waals surface area contributed by atoms with Gasteiger partial charge in [0.05, 0.1) is 13.7 Å². The highest BCUT2D eigenvalue weighted by molar-refractivity contribution is 5.88. The number of hydrogen-bond acceptors (Lipinski definition) is 5. The normalized spacial score (nSPS) is 19.9. The molecule has 1 aromatic rings. The van der Waals surface area contributed by atoms with Crippen molar-refractivity contribution >= 4 is 11.8 Å². The largest absolute Gasteiger partial charge is 0.489 e. The maximum atomic E-state index is 13.3. The van der Waals surface area contributed by atoms with Crippen LogP contribution in [0, 0.1) is 0 Å². The monoisotopic (exact) mass is 298 g/mol. The van der Waals surface area contributed by atoms with Crippen LogP contribution in [0.5, 0.6) is 5.75 Å². The van der Waals surface area contributed by atoms with Gasteiger partial charge in [0.2, 0.25) is 0 Å². The number of esters is 1. The average Bonchev–Trinajstić information content (AvgIpc) is 2.94. The molecule has 3 rings (SSSR count). The number of aromatic nitrogens is 1. The van der Waals surface area contributed by atoms with Crippen LogP contribution in [-0.4, -0.2) is 43.7 Å². The summed E-state index contributed by atoms with van der Waals surface area (Å²) in [7, 11) is 1.29. The third kappa shape index (κ3) is 2.64. The van der Waals surface area contributed by atoms with Crippen molar-refractivity contribution in [1.82, 2.24) is 4.98 Å². The summed E-state index contributed by atoms with van der Waals surface area (Å²) < 4.78 is 36.8. The Balaban J connectivity index is 1.94. The fourth-order valence-corrected chi connectivity index (χ4v) is 2.65. The van der Waals surface area contributed by atoms with E-state index in [4.69, 9.17) is 9.47 Å². The van der Waals surface area contributed by atoms with Crippen LogP contribution in [-0.2, 0) is 11.2 Å². The van der Waals surface area contributed by atoms with Crippen molar-refractivity contribution in [3.63, 3.8) is 0 Å². The molecule has 7 heteroatoms. The van der Waals surface area contributed by atoms with Gasteiger partial charge >= 0.3 is 5.97 Å². The summed E-state index contributed by atoms with van der Waals surface area (Å²) in [5.41, 5.74) is 1.06. The minimum Gasteiger partial charge on any atom is -0.489 e. The van der Waals surface area contributed by atoms with E-state index in [0.29, 0.717) is 24.6 Å². The molecule has 2 aliphatic rings. The molecule has 0 saturated carbocycles. The van der Waals surface area contributed by atoms with Gasteiger partial charge in [-0.3, -0.25) is 0 Å². The molecule has 0 aromatic carbocycles. The van der Waals surface area contributed by atoms with Crippen molar-refractivity contribution in [3.8, 4) is 5.75 Å². The van der Waals surface area contributed by atoms with E-state index in [1.807, 2.05) is 0 Å². The highest BCUT2D eigenvalue weighted by Crippen LogP contribution is 2.38. The Morgan fingerprint density at radius 3 is 2.81 bits per heavy atom. The van der Waals surface area contributed by atoms with Gasteiger partial charge in [0.15, 0.2) is 17.3 Å². The summed E-state index contributed by atoms with van der Waals surface area (Å²) in [5, 5.41) is 0. The molecule has 1 aromatic heterocycles. The first kappa shape index (κ1) is 14.0. The molecule has 0 aliphatic carbocycles. The Hall–Kier alpha value is -1.92. The topological polar surface area (TPSA) is 51.7 Å². The zero-order valence-electron chi connectivity index (χ0n) is 11.7. The molecular formula is C14H16F2N2O3. The zero-order chi connectivity index (χ0) is 15.0. The third-order valence-electron chi connectivity index (χ3n) is 3.84. The van der Waals surface area contributed by atoms with Gasteiger partial charge in [-0.15, -0.1) is 0 Å². The van der Waals surface area contributed by atoms with Crippen LogP contribution in [0.3, 0.4) is 0 Å². The number of fused-ring (bicyclic) bond motifs is 1. The first-order valence-electron chi connectivity index (χ1n) is 6.88. The summed E-state index contributed by atoms with van der Waals surface area (Å²) in [6, 6.07) is 1.65. The Morgan fingerprint density at radius 2 is 2.14 bits per heavy atom. The van der Waals surface area contributed by atoms with E-state index in [1.165, 1.54) is 7.11 Å². The molecule has 21 heavy (non-hydrogen) atoms. The van der Waals surface area contributed by atoms with Gasteiger partial charge < -0.3 is 14.4 Å². The van der Waals surface area contributed by atoms with Crippen LogP contribution in [0.25, 0.3) is 0 Å². The van der Waals surface area contributed by atoms with E-state index >= 15 is 0 Å². The van der Waals surface area contributed by atoms with E-state index in [1.54, 1.807) is 11.0 Å². The minimum absolute atomic E-state index is 0.189. The van der Waals surface area contributed by atoms with E-state index in [0.717, 1.165) is 5.56 Å². The van der Waals surface area contributed by atoms with Gasteiger partial charge in [0.25, 0.3) is 5.92 Å². The van der Waals surface area contributed by atoms with Gasteiger partial charge in [-0.2, -0.15) is 0 Å². The number of rotatable bonds is 2. The molecule has 0 radical (unpaired) electrons. The highest BCUT2D eigenvalue weighted by atomic mass is 19.3. The van der Waals surface area contributed by atoms with Gasteiger partial charge in [-0.25, -0.2) is 18.6 Å². The molecule has 5 nitrogen and oxygen atoms in total. The second-order valence-electron chi connectivity index (χ2n) is 5.25. The molecule has 2 aliphatic heterocycles. The number of nitrogens with zero attached hydrogens (tertiary/aromatic N) is 2. The van der Waals surface area contributed by atoms with Crippen molar-refractivity contribution in [2.24, 2.45) is 0 Å². The van der Waals surface area contributed by atoms with Crippen LogP contribution < -0.4 is 9.64 Å². The fraction of sp³-hybridized carbons (Fsp3) is 0.571. The Morgan fingerprint density at radius 1 is 1.43 bits per heavy atom. The molecule has 1 saturated heterocycles. The van der Waals surface area contributed by atoms with E-state index in [-0.39, 0.29) is 31.6 Å². The quantitative estimate of drug-likeness (QED) is 0.782. The van der Waals surface area contributed by atoms with Crippen LogP contribution >= 0.6 is 0 Å². The second-order valence-corrected chi connectivity index (χ2v) is 5.25. The summed E-state index contributed by atoms with van der Waals surface area (Å²) in [6.07, 6.45) is 0.247. The molecule has 3 heterocycles. The van der Waals surface area contributed by atoms with E-state index in [2.05, 4.69) is 4.98 Å². The zero-order valence-corrected chi connectivity index (χ0v) is 11.7. The predicted octanol–water partition coefficient (Wildman–Crippen LogP) is 2.04. The molecule has 0 bridgehead atoms. The molecule has 0 atom stereocenters. The number of alkyl halides is 2. The van der Waals surface area contributed by atoms with Crippen molar-refractivity contribution in [2.75, 3.05) is 31.7 Å². The fourth-order valence-electron chi connectivity index (χ4n) is 2.65. The number of halogens is 2. The Bertz CT molecular complexity index is 568. The summed E-state index contributed by atoms with van der Waals surface area (Å²) in [6.45, 7) is 0.902. The van der Waals surface area contributed by atoms with Crippen molar-refractivity contribution in [1.29, 1.82) is 0 Å². The van der Waals surface area contributed by atoms with Crippen LogP contribution in [0.4, 0.5) is 14.6 Å². The molecular weight excluding hydrogens is 282 g/mol. The lowest BCUT2D eigenvalue weighted by molar-refractivity contribution is -0.0222. The van der Waals surface area contributed by atoms with Crippen LogP contribution in [0.2, 0.25) is 0 Å². The minimum atomic E-state index is -2.62. The average molecular weight is 298 g/mol. The third-order valence-corrected chi connectivity index (χ3v) is 3.84. The molecule has 114 valence electrons. The van der Waals surface area contributed by atoms with Gasteiger partial charge in [-0.1, -0.05) is 0 Å². The number of ether oxygens (including phenoxy) is 2. The number of carbonyl (C=O) groups excluding carboxylic acids is 1. The number of carbonyl (C=O) groups is 1. The first-order valence-corrected chi connectivity index (χ1v) is 6.88. The van der Waals surface area contributed by atoms with Gasteiger partial charge in [0, 0.05) is 37.9 Å². The number of pyridine rings is 1. The standard InChI is InChI=1S/C14H16F2N2O3/c1-20-13(19)10-8-9-2-7-21-11(9)12(17-10)18-5-3-14(15,16)4-6-18/h8H,2-7H2,1H3. The predicted molar refractivity (Wildman–Crippen MR) is 71.2 cm³/mol. The second kappa shape index (κ2) is 5.13. The molecule has 0 unspecified atom stereocenters. The van der Waals surface area contributed by atoms with Crippen molar-refractivity contribution in [3.05, 3.63) is 17.3 Å². The lowest BCUT2D eigenvalue weighted by Gasteiger charge is -2.33. The van der Waals surface area contributed by atoms with Gasteiger partial charge in [0.1, 0.15) is 0 Å². The Kier molecular flexibility index (Phi) is 3.43. The SMILES string of the molecule is COC(=O)c1cc2c(c(N3CCC(F)(F)CC3)n1)OCC2. The van der Waals surface area contributed by atoms with E-state index < -0.39 is 11.9 Å². The molecule has 0 amide bonds. The lowest BCUT2D eigenvalue weighted by atomic mass is 10.1.